The van der Waals surface area contributed by atoms with Crippen LogP contribution in [0.25, 0.3) is 10.1 Å². The molecule has 0 aliphatic heterocycles. The Labute approximate surface area is 142 Å². The molecule has 0 amide bonds. The number of hydrogen-bond donors (Lipinski definition) is 2. The largest absolute Gasteiger partial charge is 0.467 e. The minimum atomic E-state index is -0.323. The molecule has 7 heteroatoms. The summed E-state index contributed by atoms with van der Waals surface area (Å²) in [6.07, 6.45) is 1.62. The molecule has 0 atom stereocenters. The Balaban J connectivity index is 1.67. The maximum Gasteiger partial charge on any atom is 0.348 e. The van der Waals surface area contributed by atoms with Gasteiger partial charge in [0, 0.05) is 10.4 Å². The molecule has 2 aromatic heterocycles. The number of anilines is 1. The zero-order valence-electron chi connectivity index (χ0n) is 12.3. The second-order valence-electron chi connectivity index (χ2n) is 4.74. The summed E-state index contributed by atoms with van der Waals surface area (Å²) in [5, 5.41) is 7.66. The standard InChI is InChI=1S/C16H14N2O3S2/c1-20-15(19)14-8-10-7-11(4-5-13(10)23-14)18-16(22)17-9-12-3-2-6-21-12/h2-8H,9H2,1H3,(H2,17,18,22). The first-order valence-electron chi connectivity index (χ1n) is 6.85. The first-order chi connectivity index (χ1) is 11.2. The second-order valence-corrected chi connectivity index (χ2v) is 6.23. The average Bonchev–Trinajstić information content (AvgIpc) is 3.21. The van der Waals surface area contributed by atoms with Crippen molar-refractivity contribution in [3.63, 3.8) is 0 Å². The molecule has 0 saturated heterocycles. The molecule has 0 aliphatic rings. The van der Waals surface area contributed by atoms with E-state index in [9.17, 15) is 4.79 Å². The van der Waals surface area contributed by atoms with Crippen molar-refractivity contribution < 1.29 is 13.9 Å². The van der Waals surface area contributed by atoms with Crippen molar-refractivity contribution in [3.8, 4) is 0 Å². The predicted molar refractivity (Wildman–Crippen MR) is 94.9 cm³/mol. The smallest absolute Gasteiger partial charge is 0.348 e. The topological polar surface area (TPSA) is 63.5 Å². The van der Waals surface area contributed by atoms with Gasteiger partial charge in [-0.2, -0.15) is 0 Å². The third-order valence-electron chi connectivity index (χ3n) is 3.16. The maximum absolute atomic E-state index is 11.6. The molecular formula is C16H14N2O3S2. The molecule has 0 spiro atoms. The van der Waals surface area contributed by atoms with Crippen LogP contribution in [0.3, 0.4) is 0 Å². The highest BCUT2D eigenvalue weighted by Crippen LogP contribution is 2.28. The molecule has 0 unspecified atom stereocenters. The van der Waals surface area contributed by atoms with Crippen molar-refractivity contribution in [2.45, 2.75) is 6.54 Å². The van der Waals surface area contributed by atoms with Crippen LogP contribution >= 0.6 is 23.6 Å². The molecule has 3 aromatic rings. The molecule has 0 bridgehead atoms. The van der Waals surface area contributed by atoms with Crippen LogP contribution in [0.1, 0.15) is 15.4 Å². The van der Waals surface area contributed by atoms with E-state index < -0.39 is 0 Å². The molecule has 0 saturated carbocycles. The second kappa shape index (κ2) is 6.80. The number of benzene rings is 1. The number of carbonyl (C=O) groups excluding carboxylic acids is 1. The van der Waals surface area contributed by atoms with Gasteiger partial charge in [-0.1, -0.05) is 0 Å². The lowest BCUT2D eigenvalue weighted by Gasteiger charge is -2.09. The fraction of sp³-hybridized carbons (Fsp3) is 0.125. The SMILES string of the molecule is COC(=O)c1cc2cc(NC(=S)NCc3ccco3)ccc2s1. The summed E-state index contributed by atoms with van der Waals surface area (Å²) in [7, 11) is 1.38. The molecule has 0 aliphatic carbocycles. The average molecular weight is 346 g/mol. The summed E-state index contributed by atoms with van der Waals surface area (Å²) in [6, 6.07) is 11.3. The number of methoxy groups -OCH3 is 1. The van der Waals surface area contributed by atoms with Crippen molar-refractivity contribution in [2.75, 3.05) is 12.4 Å². The number of furan rings is 1. The third kappa shape index (κ3) is 3.69. The van der Waals surface area contributed by atoms with Gasteiger partial charge in [0.15, 0.2) is 5.11 Å². The van der Waals surface area contributed by atoms with Crippen LogP contribution in [0, 0.1) is 0 Å². The van der Waals surface area contributed by atoms with Gasteiger partial charge in [-0.05, 0) is 54.0 Å². The van der Waals surface area contributed by atoms with Crippen LogP contribution in [-0.2, 0) is 11.3 Å². The monoisotopic (exact) mass is 346 g/mol. The number of thiocarbonyl (C=S) groups is 1. The summed E-state index contributed by atoms with van der Waals surface area (Å²) in [5.41, 5.74) is 0.851. The van der Waals surface area contributed by atoms with E-state index in [0.717, 1.165) is 21.5 Å². The Morgan fingerprint density at radius 1 is 1.35 bits per heavy atom. The number of carbonyl (C=O) groups is 1. The van der Waals surface area contributed by atoms with E-state index in [1.165, 1.54) is 18.4 Å². The van der Waals surface area contributed by atoms with Crippen molar-refractivity contribution in [3.05, 3.63) is 53.3 Å². The number of ether oxygens (including phenoxy) is 1. The number of thiophene rings is 1. The maximum atomic E-state index is 11.6. The molecule has 118 valence electrons. The van der Waals surface area contributed by atoms with Crippen LogP contribution in [0.15, 0.2) is 47.1 Å². The minimum Gasteiger partial charge on any atom is -0.467 e. The summed E-state index contributed by atoms with van der Waals surface area (Å²) < 4.78 is 11.0. The van der Waals surface area contributed by atoms with Gasteiger partial charge in [0.2, 0.25) is 0 Å². The molecular weight excluding hydrogens is 332 g/mol. The van der Waals surface area contributed by atoms with Gasteiger partial charge in [0.1, 0.15) is 10.6 Å². The summed E-state index contributed by atoms with van der Waals surface area (Å²) in [6.45, 7) is 0.520. The van der Waals surface area contributed by atoms with Crippen LogP contribution in [0.4, 0.5) is 5.69 Å². The van der Waals surface area contributed by atoms with Crippen molar-refractivity contribution >= 4 is 50.4 Å². The molecule has 1 aromatic carbocycles. The van der Waals surface area contributed by atoms with E-state index in [4.69, 9.17) is 21.4 Å². The summed E-state index contributed by atoms with van der Waals surface area (Å²) in [4.78, 5) is 12.2. The van der Waals surface area contributed by atoms with Crippen LogP contribution < -0.4 is 10.6 Å². The molecule has 2 N–H and O–H groups in total. The Morgan fingerprint density at radius 3 is 2.96 bits per heavy atom. The molecule has 23 heavy (non-hydrogen) atoms. The number of esters is 1. The normalized spacial score (nSPS) is 10.5. The summed E-state index contributed by atoms with van der Waals surface area (Å²) >= 11 is 6.66. The van der Waals surface area contributed by atoms with Gasteiger partial charge in [-0.3, -0.25) is 0 Å². The summed E-state index contributed by atoms with van der Waals surface area (Å²) in [5.74, 6) is 0.488. The quantitative estimate of drug-likeness (QED) is 0.554. The Hall–Kier alpha value is -2.38. The lowest BCUT2D eigenvalue weighted by Crippen LogP contribution is -2.27. The third-order valence-corrected chi connectivity index (χ3v) is 4.51. The Bertz CT molecular complexity index is 840. The number of hydrogen-bond acceptors (Lipinski definition) is 5. The van der Waals surface area contributed by atoms with Crippen molar-refractivity contribution in [1.29, 1.82) is 0 Å². The lowest BCUT2D eigenvalue weighted by atomic mass is 10.2. The van der Waals surface area contributed by atoms with E-state index in [1.54, 1.807) is 6.26 Å². The number of rotatable bonds is 4. The van der Waals surface area contributed by atoms with E-state index in [-0.39, 0.29) is 5.97 Å². The number of fused-ring (bicyclic) bond motifs is 1. The highest BCUT2D eigenvalue weighted by atomic mass is 32.1. The minimum absolute atomic E-state index is 0.323. The number of nitrogens with one attached hydrogen (secondary N) is 2. The molecule has 5 nitrogen and oxygen atoms in total. The van der Waals surface area contributed by atoms with Crippen molar-refractivity contribution in [2.24, 2.45) is 0 Å². The van der Waals surface area contributed by atoms with E-state index in [2.05, 4.69) is 10.6 Å². The van der Waals surface area contributed by atoms with Crippen molar-refractivity contribution in [1.82, 2.24) is 5.32 Å². The van der Waals surface area contributed by atoms with E-state index >= 15 is 0 Å². The zero-order chi connectivity index (χ0) is 16.2. The van der Waals surface area contributed by atoms with E-state index in [0.29, 0.717) is 16.5 Å². The van der Waals surface area contributed by atoms with Gasteiger partial charge < -0.3 is 19.8 Å². The van der Waals surface area contributed by atoms with Crippen LogP contribution in [0.2, 0.25) is 0 Å². The molecule has 0 radical (unpaired) electrons. The molecule has 0 fully saturated rings. The first kappa shape index (κ1) is 15.5. The van der Waals surface area contributed by atoms with Gasteiger partial charge in [-0.15, -0.1) is 11.3 Å². The Morgan fingerprint density at radius 2 is 2.22 bits per heavy atom. The highest BCUT2D eigenvalue weighted by Gasteiger charge is 2.10. The zero-order valence-corrected chi connectivity index (χ0v) is 13.9. The lowest BCUT2D eigenvalue weighted by molar-refractivity contribution is 0.0606. The molecule has 3 rings (SSSR count). The fourth-order valence-electron chi connectivity index (χ4n) is 2.08. The Kier molecular flexibility index (Phi) is 4.59. The van der Waals surface area contributed by atoms with Gasteiger partial charge in [-0.25, -0.2) is 4.79 Å². The van der Waals surface area contributed by atoms with Crippen LogP contribution in [-0.4, -0.2) is 18.2 Å². The predicted octanol–water partition coefficient (Wildman–Crippen LogP) is 3.77. The van der Waals surface area contributed by atoms with E-state index in [1.807, 2.05) is 36.4 Å². The first-order valence-corrected chi connectivity index (χ1v) is 8.07. The van der Waals surface area contributed by atoms with Gasteiger partial charge in [0.05, 0.1) is 19.9 Å². The fourth-order valence-corrected chi connectivity index (χ4v) is 3.23. The van der Waals surface area contributed by atoms with Gasteiger partial charge >= 0.3 is 5.97 Å². The highest BCUT2D eigenvalue weighted by molar-refractivity contribution is 7.80. The van der Waals surface area contributed by atoms with Crippen LogP contribution in [0.5, 0.6) is 0 Å². The van der Waals surface area contributed by atoms with Gasteiger partial charge in [0.25, 0.3) is 0 Å². The molecule has 2 heterocycles.